The lowest BCUT2D eigenvalue weighted by atomic mass is 10.1. The average molecular weight is 386 g/mol. The van der Waals surface area contributed by atoms with Crippen LogP contribution in [0.15, 0.2) is 36.5 Å². The van der Waals surface area contributed by atoms with E-state index in [-0.39, 0.29) is 22.0 Å². The molecule has 1 aromatic heterocycles. The van der Waals surface area contributed by atoms with Crippen molar-refractivity contribution < 1.29 is 18.7 Å². The molecule has 0 saturated heterocycles. The number of hydrogen-bond donors (Lipinski definition) is 1. The molecule has 27 heavy (non-hydrogen) atoms. The summed E-state index contributed by atoms with van der Waals surface area (Å²) in [6.07, 6.45) is 1.36. The Morgan fingerprint density at radius 1 is 1.33 bits per heavy atom. The van der Waals surface area contributed by atoms with Crippen molar-refractivity contribution in [2.24, 2.45) is 0 Å². The van der Waals surface area contributed by atoms with Crippen LogP contribution in [0.3, 0.4) is 0 Å². The number of halogens is 2. The normalized spacial score (nSPS) is 10.3. The monoisotopic (exact) mass is 385 g/mol. The molecule has 0 spiro atoms. The van der Waals surface area contributed by atoms with Crippen LogP contribution in [0.4, 0.5) is 15.8 Å². The SMILES string of the molecule is COc1cc2ncc(C#N)c(Nc3cccc(Cl)c3F)c2cc1OC(C)=O. The van der Waals surface area contributed by atoms with Crippen molar-refractivity contribution in [2.45, 2.75) is 6.92 Å². The largest absolute Gasteiger partial charge is 0.493 e. The lowest BCUT2D eigenvalue weighted by molar-refractivity contribution is -0.132. The number of carbonyl (C=O) groups is 1. The van der Waals surface area contributed by atoms with Crippen LogP contribution in [-0.2, 0) is 4.79 Å². The fraction of sp³-hybridized carbons (Fsp3) is 0.105. The quantitative estimate of drug-likeness (QED) is 0.523. The van der Waals surface area contributed by atoms with E-state index in [4.69, 9.17) is 21.1 Å². The highest BCUT2D eigenvalue weighted by molar-refractivity contribution is 6.31. The minimum Gasteiger partial charge on any atom is -0.493 e. The summed E-state index contributed by atoms with van der Waals surface area (Å²) < 4.78 is 24.7. The molecule has 0 aliphatic carbocycles. The minimum atomic E-state index is -0.651. The van der Waals surface area contributed by atoms with Gasteiger partial charge in [-0.3, -0.25) is 9.78 Å². The Morgan fingerprint density at radius 2 is 2.11 bits per heavy atom. The summed E-state index contributed by atoms with van der Waals surface area (Å²) in [5.74, 6) is -0.729. The third kappa shape index (κ3) is 3.61. The molecule has 0 fully saturated rings. The van der Waals surface area contributed by atoms with E-state index in [9.17, 15) is 14.4 Å². The summed E-state index contributed by atoms with van der Waals surface area (Å²) >= 11 is 5.83. The molecule has 1 N–H and O–H groups in total. The first-order valence-electron chi connectivity index (χ1n) is 7.75. The van der Waals surface area contributed by atoms with Crippen LogP contribution in [0, 0.1) is 17.1 Å². The van der Waals surface area contributed by atoms with Gasteiger partial charge in [-0.25, -0.2) is 4.39 Å². The van der Waals surface area contributed by atoms with Gasteiger partial charge < -0.3 is 14.8 Å². The number of methoxy groups -OCH3 is 1. The molecule has 2 aromatic carbocycles. The number of nitriles is 1. The Kier molecular flexibility index (Phi) is 5.10. The molecule has 0 amide bonds. The van der Waals surface area contributed by atoms with Crippen LogP contribution in [-0.4, -0.2) is 18.1 Å². The van der Waals surface area contributed by atoms with Crippen LogP contribution >= 0.6 is 11.6 Å². The van der Waals surface area contributed by atoms with Crippen molar-refractivity contribution in [2.75, 3.05) is 12.4 Å². The number of benzene rings is 2. The summed E-state index contributed by atoms with van der Waals surface area (Å²) in [6, 6.07) is 9.57. The Labute approximate surface area is 159 Å². The predicted octanol–water partition coefficient (Wildman–Crippen LogP) is 4.58. The smallest absolute Gasteiger partial charge is 0.308 e. The third-order valence-electron chi connectivity index (χ3n) is 3.74. The van der Waals surface area contributed by atoms with E-state index < -0.39 is 11.8 Å². The zero-order valence-electron chi connectivity index (χ0n) is 14.3. The molecule has 8 heteroatoms. The van der Waals surface area contributed by atoms with Gasteiger partial charge in [0.1, 0.15) is 6.07 Å². The second-order valence-electron chi connectivity index (χ2n) is 5.50. The highest BCUT2D eigenvalue weighted by Crippen LogP contribution is 2.38. The zero-order chi connectivity index (χ0) is 19.6. The topological polar surface area (TPSA) is 84.2 Å². The number of esters is 1. The molecule has 0 unspecified atom stereocenters. The summed E-state index contributed by atoms with van der Waals surface area (Å²) in [4.78, 5) is 15.6. The highest BCUT2D eigenvalue weighted by Gasteiger charge is 2.17. The minimum absolute atomic E-state index is 0.0564. The number of nitrogens with zero attached hydrogens (tertiary/aromatic N) is 2. The summed E-state index contributed by atoms with van der Waals surface area (Å²) in [7, 11) is 1.43. The predicted molar refractivity (Wildman–Crippen MR) is 99.0 cm³/mol. The lowest BCUT2D eigenvalue weighted by Crippen LogP contribution is -2.04. The lowest BCUT2D eigenvalue weighted by Gasteiger charge is -2.15. The number of carbonyl (C=O) groups excluding carboxylic acids is 1. The molecule has 3 aromatic rings. The Bertz CT molecular complexity index is 1100. The van der Waals surface area contributed by atoms with E-state index in [1.54, 1.807) is 12.1 Å². The van der Waals surface area contributed by atoms with Gasteiger partial charge in [0.15, 0.2) is 17.3 Å². The van der Waals surface area contributed by atoms with Gasteiger partial charge in [-0.2, -0.15) is 5.26 Å². The second-order valence-corrected chi connectivity index (χ2v) is 5.91. The van der Waals surface area contributed by atoms with E-state index in [1.165, 1.54) is 38.4 Å². The van der Waals surface area contributed by atoms with Gasteiger partial charge in [-0.1, -0.05) is 17.7 Å². The Morgan fingerprint density at radius 3 is 2.78 bits per heavy atom. The van der Waals surface area contributed by atoms with E-state index in [2.05, 4.69) is 10.3 Å². The van der Waals surface area contributed by atoms with Gasteiger partial charge in [0.05, 0.1) is 34.6 Å². The maximum absolute atomic E-state index is 14.3. The zero-order valence-corrected chi connectivity index (χ0v) is 15.1. The maximum atomic E-state index is 14.3. The van der Waals surface area contributed by atoms with Crippen molar-refractivity contribution in [3.63, 3.8) is 0 Å². The number of fused-ring (bicyclic) bond motifs is 1. The summed E-state index contributed by atoms with van der Waals surface area (Å²) in [5, 5.41) is 12.7. The average Bonchev–Trinajstić information content (AvgIpc) is 2.64. The molecular weight excluding hydrogens is 373 g/mol. The third-order valence-corrected chi connectivity index (χ3v) is 4.03. The molecule has 0 radical (unpaired) electrons. The molecular formula is C19H13ClFN3O3. The molecule has 6 nitrogen and oxygen atoms in total. The molecule has 0 bridgehead atoms. The van der Waals surface area contributed by atoms with Crippen LogP contribution in [0.5, 0.6) is 11.5 Å². The summed E-state index contributed by atoms with van der Waals surface area (Å²) in [5.41, 5.74) is 1.04. The molecule has 0 saturated carbocycles. The summed E-state index contributed by atoms with van der Waals surface area (Å²) in [6.45, 7) is 1.26. The van der Waals surface area contributed by atoms with E-state index in [0.29, 0.717) is 22.3 Å². The van der Waals surface area contributed by atoms with E-state index in [0.717, 1.165) is 0 Å². The van der Waals surface area contributed by atoms with Gasteiger partial charge in [0.25, 0.3) is 0 Å². The fourth-order valence-corrected chi connectivity index (χ4v) is 2.72. The van der Waals surface area contributed by atoms with Crippen molar-refractivity contribution in [1.29, 1.82) is 5.26 Å². The number of nitrogens with one attached hydrogen (secondary N) is 1. The van der Waals surface area contributed by atoms with Crippen molar-refractivity contribution in [3.05, 3.63) is 52.9 Å². The number of pyridine rings is 1. The molecule has 136 valence electrons. The first-order valence-corrected chi connectivity index (χ1v) is 8.12. The first kappa shape index (κ1) is 18.4. The molecule has 1 heterocycles. The van der Waals surface area contributed by atoms with E-state index >= 15 is 0 Å². The maximum Gasteiger partial charge on any atom is 0.308 e. The fourth-order valence-electron chi connectivity index (χ4n) is 2.55. The van der Waals surface area contributed by atoms with Gasteiger partial charge in [-0.05, 0) is 18.2 Å². The van der Waals surface area contributed by atoms with Crippen LogP contribution in [0.1, 0.15) is 12.5 Å². The van der Waals surface area contributed by atoms with E-state index in [1.807, 2.05) is 6.07 Å². The van der Waals surface area contributed by atoms with Gasteiger partial charge in [0, 0.05) is 24.6 Å². The van der Waals surface area contributed by atoms with Crippen LogP contribution < -0.4 is 14.8 Å². The highest BCUT2D eigenvalue weighted by atomic mass is 35.5. The Hall–Kier alpha value is -3.37. The molecule has 0 atom stereocenters. The number of rotatable bonds is 4. The first-order chi connectivity index (χ1) is 12.9. The van der Waals surface area contributed by atoms with Gasteiger partial charge >= 0.3 is 5.97 Å². The molecule has 3 rings (SSSR count). The van der Waals surface area contributed by atoms with Crippen molar-refractivity contribution in [1.82, 2.24) is 4.98 Å². The van der Waals surface area contributed by atoms with Crippen LogP contribution in [0.2, 0.25) is 5.02 Å². The number of aromatic nitrogens is 1. The van der Waals surface area contributed by atoms with Crippen molar-refractivity contribution in [3.8, 4) is 17.6 Å². The van der Waals surface area contributed by atoms with Gasteiger partial charge in [-0.15, -0.1) is 0 Å². The number of ether oxygens (including phenoxy) is 2. The van der Waals surface area contributed by atoms with Crippen molar-refractivity contribution >= 4 is 39.8 Å². The molecule has 0 aliphatic rings. The number of hydrogen-bond acceptors (Lipinski definition) is 6. The van der Waals surface area contributed by atoms with Gasteiger partial charge in [0.2, 0.25) is 0 Å². The number of anilines is 2. The van der Waals surface area contributed by atoms with Crippen LogP contribution in [0.25, 0.3) is 10.9 Å². The Balaban J connectivity index is 2.24. The molecule has 0 aliphatic heterocycles. The second kappa shape index (κ2) is 7.48. The standard InChI is InChI=1S/C19H13ClFN3O3/c1-10(25)27-17-6-12-15(7-16(17)26-2)23-9-11(8-22)19(12)24-14-5-3-4-13(20)18(14)21/h3-7,9H,1-2H3,(H,23,24).